The number of nitrogens with zero attached hydrogens (tertiary/aromatic N) is 2. The molecular formula is C22H31ClFN5O4S. The first-order valence-electron chi connectivity index (χ1n) is 11.1. The fourth-order valence-electron chi connectivity index (χ4n) is 3.70. The molecule has 0 saturated carbocycles. The third-order valence-electron chi connectivity index (χ3n) is 5.54. The van der Waals surface area contributed by atoms with Gasteiger partial charge in [-0.1, -0.05) is 11.6 Å². The maximum Gasteiger partial charge on any atom is 0.410 e. The van der Waals surface area contributed by atoms with Crippen LogP contribution in [0.15, 0.2) is 18.2 Å². The van der Waals surface area contributed by atoms with E-state index in [-0.39, 0.29) is 35.4 Å². The molecule has 3 rings (SSSR count). The Hall–Kier alpha value is -2.08. The Morgan fingerprint density at radius 3 is 2.50 bits per heavy atom. The topological polar surface area (TPSA) is 103 Å². The van der Waals surface area contributed by atoms with Crippen molar-refractivity contribution < 1.29 is 23.5 Å². The van der Waals surface area contributed by atoms with Gasteiger partial charge in [-0.05, 0) is 65.3 Å². The number of carbonyl (C=O) groups is 3. The zero-order chi connectivity index (χ0) is 25.0. The Bertz CT molecular complexity index is 923. The second kappa shape index (κ2) is 11.1. The van der Waals surface area contributed by atoms with Gasteiger partial charge in [-0.25, -0.2) is 18.2 Å². The number of halogens is 2. The third-order valence-corrected chi connectivity index (χ3v) is 6.76. The first-order valence-corrected chi connectivity index (χ1v) is 12.3. The molecule has 0 aromatic heterocycles. The minimum Gasteiger partial charge on any atom is -0.444 e. The molecule has 2 heterocycles. The van der Waals surface area contributed by atoms with Gasteiger partial charge in [0.2, 0.25) is 11.8 Å². The number of hydrogen-bond donors (Lipinski definition) is 3. The van der Waals surface area contributed by atoms with E-state index in [9.17, 15) is 18.8 Å². The van der Waals surface area contributed by atoms with Gasteiger partial charge in [-0.15, -0.1) is 0 Å². The molecule has 0 bridgehead atoms. The van der Waals surface area contributed by atoms with Crippen LogP contribution in [-0.4, -0.2) is 71.0 Å². The van der Waals surface area contributed by atoms with E-state index in [0.29, 0.717) is 31.6 Å². The molecule has 1 aromatic rings. The van der Waals surface area contributed by atoms with Gasteiger partial charge in [0.15, 0.2) is 0 Å². The Morgan fingerprint density at radius 2 is 1.88 bits per heavy atom. The number of nitrogens with one attached hydrogen (secondary N) is 3. The largest absolute Gasteiger partial charge is 0.444 e. The van der Waals surface area contributed by atoms with Crippen molar-refractivity contribution in [2.24, 2.45) is 0 Å². The maximum absolute atomic E-state index is 13.4. The lowest BCUT2D eigenvalue weighted by molar-refractivity contribution is -0.125. The van der Waals surface area contributed by atoms with Gasteiger partial charge >= 0.3 is 6.09 Å². The molecule has 2 saturated heterocycles. The molecular weight excluding hydrogens is 485 g/mol. The number of carbonyl (C=O) groups excluding carboxylic acids is 3. The van der Waals surface area contributed by atoms with Gasteiger partial charge < -0.3 is 20.3 Å². The van der Waals surface area contributed by atoms with Crippen LogP contribution in [0.25, 0.3) is 0 Å². The van der Waals surface area contributed by atoms with E-state index >= 15 is 0 Å². The number of benzene rings is 1. The summed E-state index contributed by atoms with van der Waals surface area (Å²) in [5, 5.41) is 5.68. The summed E-state index contributed by atoms with van der Waals surface area (Å²) in [6.45, 7) is 6.48. The summed E-state index contributed by atoms with van der Waals surface area (Å²) in [6, 6.07) is 2.74. The Kier molecular flexibility index (Phi) is 8.66. The molecule has 0 aliphatic carbocycles. The molecule has 2 aliphatic rings. The van der Waals surface area contributed by atoms with Crippen LogP contribution in [0.5, 0.6) is 0 Å². The number of likely N-dealkylation sites (N-methyl/N-ethyl adjacent to an activating group) is 1. The van der Waals surface area contributed by atoms with Gasteiger partial charge in [-0.2, -0.15) is 0 Å². The summed E-state index contributed by atoms with van der Waals surface area (Å²) >= 11 is 6.98. The predicted molar refractivity (Wildman–Crippen MR) is 130 cm³/mol. The van der Waals surface area contributed by atoms with Crippen molar-refractivity contribution in [2.75, 3.05) is 25.5 Å². The SMILES string of the molecule is CN1SNC(C(=O)NC2CCN(C(=O)OC(C)(C)C)CC2)CC1C(=O)Nc1ccc(F)c(Cl)c1. The number of rotatable bonds is 4. The Labute approximate surface area is 208 Å². The fraction of sp³-hybridized carbons (Fsp3) is 0.591. The molecule has 34 heavy (non-hydrogen) atoms. The second-order valence-corrected chi connectivity index (χ2v) is 10.8. The number of anilines is 1. The first-order chi connectivity index (χ1) is 15.9. The van der Waals surface area contributed by atoms with E-state index in [1.807, 2.05) is 20.8 Å². The van der Waals surface area contributed by atoms with E-state index in [2.05, 4.69) is 15.4 Å². The molecule has 1 aromatic carbocycles. The Balaban J connectivity index is 1.50. The average molecular weight is 516 g/mol. The van der Waals surface area contributed by atoms with Crippen molar-refractivity contribution in [1.82, 2.24) is 19.2 Å². The van der Waals surface area contributed by atoms with E-state index in [0.717, 1.165) is 0 Å². The molecule has 188 valence electrons. The van der Waals surface area contributed by atoms with Crippen molar-refractivity contribution in [3.8, 4) is 0 Å². The zero-order valence-corrected chi connectivity index (χ0v) is 21.3. The molecule has 3 amide bonds. The molecule has 2 fully saturated rings. The zero-order valence-electron chi connectivity index (χ0n) is 19.7. The summed E-state index contributed by atoms with van der Waals surface area (Å²) in [4.78, 5) is 39.6. The molecule has 2 atom stereocenters. The highest BCUT2D eigenvalue weighted by Gasteiger charge is 2.36. The molecule has 3 N–H and O–H groups in total. The predicted octanol–water partition coefficient (Wildman–Crippen LogP) is 3.16. The number of amides is 3. The van der Waals surface area contributed by atoms with Gasteiger partial charge in [-0.3, -0.25) is 9.59 Å². The highest BCUT2D eigenvalue weighted by atomic mass is 35.5. The summed E-state index contributed by atoms with van der Waals surface area (Å²) in [5.41, 5.74) is -0.170. The number of ether oxygens (including phenoxy) is 1. The van der Waals surface area contributed by atoms with Gasteiger partial charge in [0.25, 0.3) is 0 Å². The molecule has 2 aliphatic heterocycles. The second-order valence-electron chi connectivity index (χ2n) is 9.43. The first kappa shape index (κ1) is 26.5. The number of piperidine rings is 1. The molecule has 2 unspecified atom stereocenters. The minimum absolute atomic E-state index is 0.0636. The lowest BCUT2D eigenvalue weighted by Crippen LogP contribution is -2.56. The van der Waals surface area contributed by atoms with Crippen LogP contribution < -0.4 is 15.4 Å². The van der Waals surface area contributed by atoms with Gasteiger partial charge in [0, 0.05) is 37.0 Å². The van der Waals surface area contributed by atoms with E-state index < -0.39 is 23.5 Å². The average Bonchev–Trinajstić information content (AvgIpc) is 2.75. The third kappa shape index (κ3) is 7.21. The molecule has 12 heteroatoms. The maximum atomic E-state index is 13.4. The van der Waals surface area contributed by atoms with Crippen LogP contribution in [0.1, 0.15) is 40.0 Å². The van der Waals surface area contributed by atoms with Crippen molar-refractivity contribution >= 4 is 47.3 Å². The van der Waals surface area contributed by atoms with Crippen molar-refractivity contribution in [3.63, 3.8) is 0 Å². The van der Waals surface area contributed by atoms with Crippen LogP contribution in [0, 0.1) is 5.82 Å². The monoisotopic (exact) mass is 515 g/mol. The van der Waals surface area contributed by atoms with Gasteiger partial charge in [0.05, 0.1) is 11.1 Å². The van der Waals surface area contributed by atoms with E-state index in [4.69, 9.17) is 16.3 Å². The summed E-state index contributed by atoms with van der Waals surface area (Å²) in [5.74, 6) is -1.08. The van der Waals surface area contributed by atoms with Crippen molar-refractivity contribution in [2.45, 2.75) is 63.8 Å². The molecule has 9 nitrogen and oxygen atoms in total. The van der Waals surface area contributed by atoms with Crippen LogP contribution in [0.3, 0.4) is 0 Å². The summed E-state index contributed by atoms with van der Waals surface area (Å²) in [7, 11) is 1.75. The minimum atomic E-state index is -0.583. The van der Waals surface area contributed by atoms with Crippen LogP contribution in [-0.2, 0) is 14.3 Å². The summed E-state index contributed by atoms with van der Waals surface area (Å²) < 4.78 is 23.6. The molecule has 0 radical (unpaired) electrons. The summed E-state index contributed by atoms with van der Waals surface area (Å²) in [6.07, 6.45) is 1.16. The number of hydrogen-bond acceptors (Lipinski definition) is 7. The van der Waals surface area contributed by atoms with Crippen LogP contribution in [0.2, 0.25) is 5.02 Å². The molecule has 0 spiro atoms. The van der Waals surface area contributed by atoms with Crippen molar-refractivity contribution in [1.29, 1.82) is 0 Å². The Morgan fingerprint density at radius 1 is 1.21 bits per heavy atom. The van der Waals surface area contributed by atoms with Crippen molar-refractivity contribution in [3.05, 3.63) is 29.0 Å². The van der Waals surface area contributed by atoms with Crippen LogP contribution in [0.4, 0.5) is 14.9 Å². The smallest absolute Gasteiger partial charge is 0.410 e. The van der Waals surface area contributed by atoms with E-state index in [1.165, 1.54) is 30.3 Å². The fourth-order valence-corrected chi connectivity index (χ4v) is 4.68. The lowest BCUT2D eigenvalue weighted by atomic mass is 10.0. The standard InChI is InChI=1S/C22H31ClFN5O4S/c1-22(2,3)33-21(32)29-9-7-13(8-10-29)25-19(30)17-12-18(28(4)34-27-17)20(31)26-14-5-6-16(24)15(23)11-14/h5-6,11,13,17-18,27H,7-10,12H2,1-4H3,(H,25,30)(H,26,31). The van der Waals surface area contributed by atoms with E-state index in [1.54, 1.807) is 16.3 Å². The highest BCUT2D eigenvalue weighted by molar-refractivity contribution is 7.95. The normalized spacial score (nSPS) is 22.2. The van der Waals surface area contributed by atoms with Crippen LogP contribution >= 0.6 is 23.7 Å². The highest BCUT2D eigenvalue weighted by Crippen LogP contribution is 2.25. The lowest BCUT2D eigenvalue weighted by Gasteiger charge is -2.37. The quantitative estimate of drug-likeness (QED) is 0.529. The number of likely N-dealkylation sites (tertiary alicyclic amines) is 1. The van der Waals surface area contributed by atoms with Gasteiger partial charge in [0.1, 0.15) is 17.5 Å².